The summed E-state index contributed by atoms with van der Waals surface area (Å²) in [6.07, 6.45) is 7.24. The summed E-state index contributed by atoms with van der Waals surface area (Å²) in [6, 6.07) is 9.00. The van der Waals surface area contributed by atoms with Gasteiger partial charge in [-0.1, -0.05) is 24.3 Å². The Kier molecular flexibility index (Phi) is 4.73. The summed E-state index contributed by atoms with van der Waals surface area (Å²) >= 11 is 0. The molecule has 1 aromatic carbocycles. The van der Waals surface area contributed by atoms with Crippen LogP contribution in [-0.2, 0) is 14.9 Å². The summed E-state index contributed by atoms with van der Waals surface area (Å²) in [6.45, 7) is 6.67. The first-order valence-corrected chi connectivity index (χ1v) is 10.9. The molecular weight excluding hydrogens is 336 g/mol. The monoisotopic (exact) mass is 368 g/mol. The Labute approximate surface area is 162 Å². The van der Waals surface area contributed by atoms with E-state index >= 15 is 0 Å². The maximum absolute atomic E-state index is 12.9. The zero-order valence-electron chi connectivity index (χ0n) is 16.4. The van der Waals surface area contributed by atoms with Gasteiger partial charge >= 0.3 is 0 Å². The Morgan fingerprint density at radius 2 is 1.81 bits per heavy atom. The number of likely N-dealkylation sites (tertiary alicyclic amines) is 1. The van der Waals surface area contributed by atoms with E-state index in [9.17, 15) is 4.79 Å². The summed E-state index contributed by atoms with van der Waals surface area (Å²) in [5, 5.41) is 0. The van der Waals surface area contributed by atoms with Crippen molar-refractivity contribution in [1.82, 2.24) is 9.80 Å². The molecule has 2 aliphatic heterocycles. The molecular formula is C23H32N2O2. The second-order valence-corrected chi connectivity index (χ2v) is 9.21. The van der Waals surface area contributed by atoms with Gasteiger partial charge in [0.2, 0.25) is 5.91 Å². The molecule has 4 aliphatic rings. The number of carbonyl (C=O) groups excluding carboxylic acids is 1. The molecule has 1 unspecified atom stereocenters. The molecule has 0 aromatic heterocycles. The minimum absolute atomic E-state index is 0.312. The maximum Gasteiger partial charge on any atom is 0.223 e. The molecule has 0 N–H and O–H groups in total. The lowest BCUT2D eigenvalue weighted by Crippen LogP contribution is -2.43. The molecule has 1 atom stereocenters. The quantitative estimate of drug-likeness (QED) is 0.818. The first-order chi connectivity index (χ1) is 13.2. The number of hydrogen-bond acceptors (Lipinski definition) is 3. The van der Waals surface area contributed by atoms with Crippen LogP contribution < -0.4 is 0 Å². The van der Waals surface area contributed by atoms with E-state index < -0.39 is 0 Å². The lowest BCUT2D eigenvalue weighted by molar-refractivity contribution is -0.135. The Bertz CT molecular complexity index is 685. The number of piperidine rings is 1. The van der Waals surface area contributed by atoms with Crippen molar-refractivity contribution in [2.45, 2.75) is 49.9 Å². The van der Waals surface area contributed by atoms with Crippen LogP contribution in [0.1, 0.15) is 55.6 Å². The Morgan fingerprint density at radius 3 is 2.56 bits per heavy atom. The number of rotatable bonds is 4. The predicted octanol–water partition coefficient (Wildman–Crippen LogP) is 3.17. The van der Waals surface area contributed by atoms with Gasteiger partial charge in [-0.25, -0.2) is 0 Å². The van der Waals surface area contributed by atoms with Crippen LogP contribution in [0.4, 0.5) is 0 Å². The van der Waals surface area contributed by atoms with Gasteiger partial charge in [0, 0.05) is 26.1 Å². The summed E-state index contributed by atoms with van der Waals surface area (Å²) in [5.74, 6) is 1.70. The van der Waals surface area contributed by atoms with E-state index in [1.54, 1.807) is 5.56 Å². The van der Waals surface area contributed by atoms with Crippen molar-refractivity contribution in [3.05, 3.63) is 35.4 Å². The molecule has 146 valence electrons. The topological polar surface area (TPSA) is 32.8 Å². The molecule has 1 aromatic rings. The van der Waals surface area contributed by atoms with Crippen molar-refractivity contribution in [1.29, 1.82) is 0 Å². The second kappa shape index (κ2) is 7.21. The lowest BCUT2D eigenvalue weighted by Gasteiger charge is -2.40. The molecule has 2 aliphatic carbocycles. The number of morpholine rings is 1. The van der Waals surface area contributed by atoms with Crippen LogP contribution in [0.5, 0.6) is 0 Å². The van der Waals surface area contributed by atoms with Gasteiger partial charge < -0.3 is 14.5 Å². The highest BCUT2D eigenvalue weighted by molar-refractivity contribution is 5.77. The van der Waals surface area contributed by atoms with Crippen molar-refractivity contribution in [2.75, 3.05) is 45.9 Å². The fourth-order valence-electron chi connectivity index (χ4n) is 5.66. The van der Waals surface area contributed by atoms with Gasteiger partial charge in [0.05, 0.1) is 13.2 Å². The van der Waals surface area contributed by atoms with Crippen LogP contribution >= 0.6 is 0 Å². The molecule has 3 fully saturated rings. The lowest BCUT2D eigenvalue weighted by atomic mass is 9.73. The Morgan fingerprint density at radius 1 is 1.07 bits per heavy atom. The molecule has 2 heterocycles. The number of benzene rings is 1. The van der Waals surface area contributed by atoms with Gasteiger partial charge in [0.15, 0.2) is 0 Å². The number of carbonyl (C=O) groups is 1. The van der Waals surface area contributed by atoms with Crippen molar-refractivity contribution >= 4 is 5.91 Å². The van der Waals surface area contributed by atoms with Crippen LogP contribution in [-0.4, -0.2) is 61.6 Å². The van der Waals surface area contributed by atoms with Crippen molar-refractivity contribution < 1.29 is 9.53 Å². The summed E-state index contributed by atoms with van der Waals surface area (Å²) in [4.78, 5) is 17.6. The second-order valence-electron chi connectivity index (χ2n) is 9.21. The Hall–Kier alpha value is -1.39. The number of amides is 1. The van der Waals surface area contributed by atoms with Crippen LogP contribution in [0.3, 0.4) is 0 Å². The molecule has 1 spiro atoms. The number of ether oxygens (including phenoxy) is 1. The summed E-state index contributed by atoms with van der Waals surface area (Å²) < 4.78 is 5.41. The van der Waals surface area contributed by atoms with Gasteiger partial charge in [0.25, 0.3) is 0 Å². The molecule has 1 saturated carbocycles. The van der Waals surface area contributed by atoms with Crippen molar-refractivity contribution in [3.63, 3.8) is 0 Å². The normalized spacial score (nSPS) is 27.7. The summed E-state index contributed by atoms with van der Waals surface area (Å²) in [7, 11) is 0. The highest BCUT2D eigenvalue weighted by atomic mass is 16.5. The van der Waals surface area contributed by atoms with Gasteiger partial charge in [-0.3, -0.25) is 4.79 Å². The first-order valence-electron chi connectivity index (χ1n) is 10.9. The predicted molar refractivity (Wildman–Crippen MR) is 106 cm³/mol. The molecule has 4 nitrogen and oxygen atoms in total. The van der Waals surface area contributed by atoms with Crippen LogP contribution in [0.15, 0.2) is 24.3 Å². The van der Waals surface area contributed by atoms with Crippen LogP contribution in [0, 0.1) is 5.92 Å². The van der Waals surface area contributed by atoms with E-state index in [-0.39, 0.29) is 0 Å². The molecule has 2 saturated heterocycles. The van der Waals surface area contributed by atoms with E-state index in [0.29, 0.717) is 36.9 Å². The zero-order valence-corrected chi connectivity index (χ0v) is 16.4. The SMILES string of the molecule is O=C(CC1CC2(CCN(CC3CC3)CC2)c2ccccc21)N1CCOCC1. The van der Waals surface area contributed by atoms with Crippen molar-refractivity contribution in [3.8, 4) is 0 Å². The minimum atomic E-state index is 0.312. The molecule has 4 heteroatoms. The zero-order chi connectivity index (χ0) is 18.3. The fourth-order valence-corrected chi connectivity index (χ4v) is 5.66. The molecule has 0 bridgehead atoms. The molecule has 27 heavy (non-hydrogen) atoms. The molecule has 0 radical (unpaired) electrons. The van der Waals surface area contributed by atoms with E-state index in [2.05, 4.69) is 29.2 Å². The van der Waals surface area contributed by atoms with E-state index in [1.807, 2.05) is 4.90 Å². The van der Waals surface area contributed by atoms with Gasteiger partial charge in [-0.05, 0) is 73.6 Å². The number of nitrogens with zero attached hydrogens (tertiary/aromatic N) is 2. The summed E-state index contributed by atoms with van der Waals surface area (Å²) in [5.41, 5.74) is 3.32. The maximum atomic E-state index is 12.9. The van der Waals surface area contributed by atoms with Gasteiger partial charge in [0.1, 0.15) is 0 Å². The highest BCUT2D eigenvalue weighted by Gasteiger charge is 2.46. The third-order valence-electron chi connectivity index (χ3n) is 7.42. The standard InChI is InChI=1S/C23H32N2O2/c26-22(25-11-13-27-14-12-25)15-19-16-23(21-4-2-1-3-20(19)21)7-9-24(10-8-23)17-18-5-6-18/h1-4,18-19H,5-17H2. The third-order valence-corrected chi connectivity index (χ3v) is 7.42. The third kappa shape index (κ3) is 3.54. The largest absolute Gasteiger partial charge is 0.378 e. The van der Waals surface area contributed by atoms with Crippen LogP contribution in [0.25, 0.3) is 0 Å². The highest BCUT2D eigenvalue weighted by Crippen LogP contribution is 2.53. The smallest absolute Gasteiger partial charge is 0.223 e. The van der Waals surface area contributed by atoms with Crippen molar-refractivity contribution in [2.24, 2.45) is 5.92 Å². The number of fused-ring (bicyclic) bond motifs is 2. The molecule has 1 amide bonds. The first kappa shape index (κ1) is 17.7. The van der Waals surface area contributed by atoms with Gasteiger partial charge in [-0.15, -0.1) is 0 Å². The van der Waals surface area contributed by atoms with Crippen LogP contribution in [0.2, 0.25) is 0 Å². The fraction of sp³-hybridized carbons (Fsp3) is 0.696. The molecule has 5 rings (SSSR count). The average molecular weight is 369 g/mol. The van der Waals surface area contributed by atoms with E-state index in [1.165, 1.54) is 57.3 Å². The Balaban J connectivity index is 1.29. The van der Waals surface area contributed by atoms with Gasteiger partial charge in [-0.2, -0.15) is 0 Å². The van der Waals surface area contributed by atoms with E-state index in [0.717, 1.165) is 19.0 Å². The average Bonchev–Trinajstić information content (AvgIpc) is 3.49. The number of hydrogen-bond donors (Lipinski definition) is 0. The van der Waals surface area contributed by atoms with E-state index in [4.69, 9.17) is 4.74 Å². The minimum Gasteiger partial charge on any atom is -0.378 e.